The molecule has 0 aromatic carbocycles. The van der Waals surface area contributed by atoms with Gasteiger partial charge in [0.15, 0.2) is 5.78 Å². The van der Waals surface area contributed by atoms with E-state index in [1.54, 1.807) is 6.08 Å². The summed E-state index contributed by atoms with van der Waals surface area (Å²) in [6.45, 7) is 4.73. The summed E-state index contributed by atoms with van der Waals surface area (Å²) in [7, 11) is 0. The minimum absolute atomic E-state index is 0.00678. The molecule has 0 heterocycles. The second kappa shape index (κ2) is 4.35. The molecule has 2 heteroatoms. The number of alkyl halides is 1. The summed E-state index contributed by atoms with van der Waals surface area (Å²) in [6.07, 6.45) is 15.3. The largest absolute Gasteiger partial charge is 0.290 e. The highest BCUT2D eigenvalue weighted by molar-refractivity contribution is 6.23. The number of ketones is 1. The molecule has 2 fully saturated rings. The molecule has 4 rings (SSSR count). The monoisotopic (exact) mass is 302 g/mol. The van der Waals surface area contributed by atoms with Crippen LogP contribution in [0.2, 0.25) is 0 Å². The number of halogens is 1. The first-order valence-electron chi connectivity index (χ1n) is 8.21. The molecular weight excluding hydrogens is 280 g/mol. The Hall–Kier alpha value is -0.820. The standard InChI is InChI=1S/C19H23ClO/c1-18-7-3-4-14(18)13-11-17(20)16-10-12(21)5-9-19(16,2)15(13)6-8-18/h3,5,7,9-10,13-15,17H,4,6,8,11H2,1-2H3/t13-,14-,15-,17-,18-,19+/m0/s1. The lowest BCUT2D eigenvalue weighted by Crippen LogP contribution is -2.51. The first kappa shape index (κ1) is 13.8. The van der Waals surface area contributed by atoms with E-state index >= 15 is 0 Å². The van der Waals surface area contributed by atoms with Crippen LogP contribution in [0.3, 0.4) is 0 Å². The van der Waals surface area contributed by atoms with Gasteiger partial charge in [-0.05, 0) is 66.6 Å². The summed E-state index contributed by atoms with van der Waals surface area (Å²) < 4.78 is 0. The highest BCUT2D eigenvalue weighted by Gasteiger charge is 2.56. The average molecular weight is 303 g/mol. The lowest BCUT2D eigenvalue weighted by molar-refractivity contribution is -0.111. The molecule has 1 nitrogen and oxygen atoms in total. The van der Waals surface area contributed by atoms with E-state index in [1.165, 1.54) is 24.8 Å². The van der Waals surface area contributed by atoms with Crippen LogP contribution in [0.25, 0.3) is 0 Å². The van der Waals surface area contributed by atoms with E-state index in [-0.39, 0.29) is 16.6 Å². The number of hydrogen-bond acceptors (Lipinski definition) is 1. The molecule has 0 aliphatic heterocycles. The van der Waals surface area contributed by atoms with Crippen molar-refractivity contribution in [2.45, 2.75) is 44.9 Å². The van der Waals surface area contributed by atoms with Crippen molar-refractivity contribution in [2.24, 2.45) is 28.6 Å². The predicted molar refractivity (Wildman–Crippen MR) is 86.2 cm³/mol. The van der Waals surface area contributed by atoms with Crippen molar-refractivity contribution in [3.8, 4) is 0 Å². The van der Waals surface area contributed by atoms with Crippen molar-refractivity contribution in [2.75, 3.05) is 0 Å². The maximum absolute atomic E-state index is 11.8. The first-order chi connectivity index (χ1) is 9.94. The van der Waals surface area contributed by atoms with E-state index in [4.69, 9.17) is 11.6 Å². The van der Waals surface area contributed by atoms with Gasteiger partial charge in [-0.3, -0.25) is 4.79 Å². The summed E-state index contributed by atoms with van der Waals surface area (Å²) in [5, 5.41) is 0.0214. The zero-order chi connectivity index (χ0) is 14.8. The Morgan fingerprint density at radius 3 is 2.86 bits per heavy atom. The van der Waals surface area contributed by atoms with E-state index < -0.39 is 0 Å². The van der Waals surface area contributed by atoms with E-state index in [9.17, 15) is 4.79 Å². The van der Waals surface area contributed by atoms with E-state index in [0.29, 0.717) is 17.3 Å². The van der Waals surface area contributed by atoms with Crippen LogP contribution in [0, 0.1) is 28.6 Å². The van der Waals surface area contributed by atoms with Crippen LogP contribution in [0.15, 0.2) is 36.0 Å². The fourth-order valence-corrected chi connectivity index (χ4v) is 6.19. The number of fused-ring (bicyclic) bond motifs is 5. The van der Waals surface area contributed by atoms with E-state index in [1.807, 2.05) is 6.08 Å². The summed E-state index contributed by atoms with van der Waals surface area (Å²) in [5.41, 5.74) is 1.55. The van der Waals surface area contributed by atoms with E-state index in [2.05, 4.69) is 32.1 Å². The van der Waals surface area contributed by atoms with Crippen molar-refractivity contribution in [1.29, 1.82) is 0 Å². The van der Waals surface area contributed by atoms with Crippen molar-refractivity contribution >= 4 is 17.4 Å². The van der Waals surface area contributed by atoms with Crippen LogP contribution >= 0.6 is 11.6 Å². The zero-order valence-electron chi connectivity index (χ0n) is 12.8. The van der Waals surface area contributed by atoms with Gasteiger partial charge in [0.05, 0.1) is 5.38 Å². The number of allylic oxidation sites excluding steroid dienone is 6. The molecule has 0 saturated heterocycles. The third-order valence-electron chi connectivity index (χ3n) is 6.86. The molecule has 0 amide bonds. The van der Waals surface area contributed by atoms with Gasteiger partial charge in [-0.15, -0.1) is 11.6 Å². The Balaban J connectivity index is 1.76. The first-order valence-corrected chi connectivity index (χ1v) is 8.65. The molecule has 2 saturated carbocycles. The summed E-state index contributed by atoms with van der Waals surface area (Å²) >= 11 is 6.73. The molecule has 4 aliphatic carbocycles. The molecule has 0 aromatic heterocycles. The molecule has 21 heavy (non-hydrogen) atoms. The third-order valence-corrected chi connectivity index (χ3v) is 7.28. The summed E-state index contributed by atoms with van der Waals surface area (Å²) in [4.78, 5) is 11.8. The lowest BCUT2D eigenvalue weighted by Gasteiger charge is -2.57. The molecule has 112 valence electrons. The SMILES string of the molecule is C[C@@]12C=CC[C@H]1[C@@H]1C[C@H](Cl)C3=CC(=O)C=C[C@]3(C)[C@H]1CC2. The zero-order valence-corrected chi connectivity index (χ0v) is 13.6. The van der Waals surface area contributed by atoms with Crippen molar-refractivity contribution < 1.29 is 4.79 Å². The summed E-state index contributed by atoms with van der Waals surface area (Å²) in [6, 6.07) is 0. The van der Waals surface area contributed by atoms with Crippen LogP contribution in [0.1, 0.15) is 39.5 Å². The molecule has 4 aliphatic rings. The van der Waals surface area contributed by atoms with Gasteiger partial charge >= 0.3 is 0 Å². The number of carbonyl (C=O) groups excluding carboxylic acids is 1. The molecule has 0 aromatic rings. The molecule has 0 radical (unpaired) electrons. The van der Waals surface area contributed by atoms with Gasteiger partial charge in [0.25, 0.3) is 0 Å². The van der Waals surface area contributed by atoms with Crippen LogP contribution < -0.4 is 0 Å². The Kier molecular flexibility index (Phi) is 2.86. The van der Waals surface area contributed by atoms with Gasteiger partial charge in [-0.2, -0.15) is 0 Å². The second-order valence-electron chi connectivity index (χ2n) is 7.88. The molecule has 0 N–H and O–H groups in total. The van der Waals surface area contributed by atoms with Crippen molar-refractivity contribution in [3.05, 3.63) is 36.0 Å². The van der Waals surface area contributed by atoms with Gasteiger partial charge < -0.3 is 0 Å². The van der Waals surface area contributed by atoms with Crippen LogP contribution in [0.4, 0.5) is 0 Å². The number of rotatable bonds is 0. The molecule has 0 spiro atoms. The lowest BCUT2D eigenvalue weighted by atomic mass is 9.48. The average Bonchev–Trinajstić information content (AvgIpc) is 2.83. The van der Waals surface area contributed by atoms with Crippen molar-refractivity contribution in [1.82, 2.24) is 0 Å². The maximum atomic E-state index is 11.8. The Bertz CT molecular complexity index is 586. The smallest absolute Gasteiger partial charge is 0.178 e. The van der Waals surface area contributed by atoms with Gasteiger partial charge in [0, 0.05) is 5.41 Å². The maximum Gasteiger partial charge on any atom is 0.178 e. The predicted octanol–water partition coefficient (Wildman–Crippen LogP) is 4.68. The normalized spacial score (nSPS) is 51.2. The van der Waals surface area contributed by atoms with Crippen LogP contribution in [-0.4, -0.2) is 11.2 Å². The Morgan fingerprint density at radius 2 is 2.05 bits per heavy atom. The molecule has 6 atom stereocenters. The Labute approximate surface area is 132 Å². The number of carbonyl (C=O) groups is 1. The summed E-state index contributed by atoms with van der Waals surface area (Å²) in [5.74, 6) is 2.17. The fraction of sp³-hybridized carbons (Fsp3) is 0.632. The van der Waals surface area contributed by atoms with Crippen LogP contribution in [-0.2, 0) is 4.79 Å². The minimum Gasteiger partial charge on any atom is -0.290 e. The number of hydrogen-bond donors (Lipinski definition) is 0. The van der Waals surface area contributed by atoms with Gasteiger partial charge in [0.1, 0.15) is 0 Å². The minimum atomic E-state index is -0.00678. The Morgan fingerprint density at radius 1 is 1.24 bits per heavy atom. The fourth-order valence-electron chi connectivity index (χ4n) is 5.68. The van der Waals surface area contributed by atoms with Crippen LogP contribution in [0.5, 0.6) is 0 Å². The highest BCUT2D eigenvalue weighted by atomic mass is 35.5. The third kappa shape index (κ3) is 1.79. The highest BCUT2D eigenvalue weighted by Crippen LogP contribution is 2.63. The van der Waals surface area contributed by atoms with E-state index in [0.717, 1.165) is 12.3 Å². The molecule has 0 bridgehead atoms. The topological polar surface area (TPSA) is 17.1 Å². The quantitative estimate of drug-likeness (QED) is 0.469. The molecular formula is C19H23ClO. The van der Waals surface area contributed by atoms with Gasteiger partial charge in [-0.25, -0.2) is 0 Å². The van der Waals surface area contributed by atoms with Gasteiger partial charge in [-0.1, -0.05) is 32.1 Å². The molecule has 0 unspecified atom stereocenters. The second-order valence-corrected chi connectivity index (χ2v) is 8.41. The van der Waals surface area contributed by atoms with Crippen molar-refractivity contribution in [3.63, 3.8) is 0 Å². The van der Waals surface area contributed by atoms with Gasteiger partial charge in [0.2, 0.25) is 0 Å².